The van der Waals surface area contributed by atoms with Gasteiger partial charge in [0.25, 0.3) is 5.69 Å². The van der Waals surface area contributed by atoms with Gasteiger partial charge in [0, 0.05) is 14.8 Å². The van der Waals surface area contributed by atoms with Gasteiger partial charge in [-0.05, 0) is 18.5 Å². The molecule has 1 aromatic rings. The second-order valence-electron chi connectivity index (χ2n) is 2.30. The molecule has 64 valence electrons. The average molecular weight is 189 g/mol. The van der Waals surface area contributed by atoms with E-state index in [0.717, 1.165) is 5.56 Å². The Bertz CT molecular complexity index is 315. The van der Waals surface area contributed by atoms with Gasteiger partial charge in [-0.1, -0.05) is 0 Å². The number of hydrogen-bond donors (Lipinski definition) is 1. The first-order chi connectivity index (χ1) is 5.69. The highest BCUT2D eigenvalue weighted by atomic mass is 35.5. The van der Waals surface area contributed by atoms with Gasteiger partial charge in [0.1, 0.15) is 13.2 Å². The van der Waals surface area contributed by atoms with Gasteiger partial charge in [-0.25, -0.2) is 0 Å². The van der Waals surface area contributed by atoms with Gasteiger partial charge < -0.3 is 0 Å². The zero-order valence-electron chi connectivity index (χ0n) is 6.80. The predicted octanol–water partition coefficient (Wildman–Crippen LogP) is -0.527. The van der Waals surface area contributed by atoms with Crippen molar-refractivity contribution in [3.8, 4) is 0 Å². The van der Waals surface area contributed by atoms with Crippen molar-refractivity contribution in [1.29, 1.82) is 0 Å². The van der Waals surface area contributed by atoms with Gasteiger partial charge in [-0.3, -0.25) is 4.84 Å². The van der Waals surface area contributed by atoms with E-state index in [4.69, 9.17) is 16.4 Å². The highest BCUT2D eigenvalue weighted by molar-refractivity contribution is 6.28. The normalized spacial score (nSPS) is 9.58. The molecule has 12 heavy (non-hydrogen) atoms. The van der Waals surface area contributed by atoms with Crippen LogP contribution in [0.15, 0.2) is 12.3 Å². The molecule has 1 heterocycles. The minimum atomic E-state index is 0.349. The van der Waals surface area contributed by atoms with E-state index in [1.54, 1.807) is 18.3 Å². The van der Waals surface area contributed by atoms with E-state index in [1.807, 2.05) is 0 Å². The highest BCUT2D eigenvalue weighted by Gasteiger charge is 2.17. The number of nitroso groups, excluding NO2 is 1. The van der Waals surface area contributed by atoms with Crippen LogP contribution in [0.5, 0.6) is 0 Å². The van der Waals surface area contributed by atoms with Crippen molar-refractivity contribution >= 4 is 17.3 Å². The molecule has 1 rings (SSSR count). The molecule has 0 unspecified atom stereocenters. The van der Waals surface area contributed by atoms with Crippen LogP contribution in [0.1, 0.15) is 5.56 Å². The first-order valence-electron chi connectivity index (χ1n) is 3.33. The van der Waals surface area contributed by atoms with E-state index in [0.29, 0.717) is 10.8 Å². The van der Waals surface area contributed by atoms with Crippen LogP contribution >= 0.6 is 11.6 Å². The maximum absolute atomic E-state index is 10.3. The quantitative estimate of drug-likeness (QED) is 0.501. The van der Waals surface area contributed by atoms with Gasteiger partial charge in [0.2, 0.25) is 6.20 Å². The van der Waals surface area contributed by atoms with E-state index in [-0.39, 0.29) is 0 Å². The monoisotopic (exact) mass is 188 g/mol. The van der Waals surface area contributed by atoms with Crippen molar-refractivity contribution in [3.05, 3.63) is 27.9 Å². The minimum Gasteiger partial charge on any atom is -0.273 e. The fourth-order valence-electron chi connectivity index (χ4n) is 0.854. The molecule has 0 aliphatic rings. The lowest BCUT2D eigenvalue weighted by Crippen LogP contribution is -2.57. The van der Waals surface area contributed by atoms with Gasteiger partial charge >= 0.3 is 5.15 Å². The Hall–Kier alpha value is -1.16. The molecule has 1 aromatic heterocycles. The number of pyridine rings is 1. The zero-order chi connectivity index (χ0) is 9.14. The molecule has 0 aliphatic heterocycles. The van der Waals surface area contributed by atoms with Crippen LogP contribution < -0.4 is 14.7 Å². The summed E-state index contributed by atoms with van der Waals surface area (Å²) in [6.45, 7) is 1.78. The van der Waals surface area contributed by atoms with Crippen LogP contribution in [0.25, 0.3) is 0 Å². The van der Waals surface area contributed by atoms with E-state index in [9.17, 15) is 4.91 Å². The second-order valence-corrected chi connectivity index (χ2v) is 2.69. The number of hydrogen-bond acceptors (Lipinski definition) is 2. The Kier molecular flexibility index (Phi) is 2.60. The molecular formula is C7H9ClN2O2+2. The number of nitrogens with one attached hydrogen (secondary N) is 1. The van der Waals surface area contributed by atoms with Crippen molar-refractivity contribution in [2.75, 3.05) is 7.11 Å². The largest absolute Gasteiger partial charge is 0.332 e. The predicted molar refractivity (Wildman–Crippen MR) is 42.9 cm³/mol. The topological polar surface area (TPSA) is 44.1 Å². The number of halogens is 1. The van der Waals surface area contributed by atoms with Crippen molar-refractivity contribution < 1.29 is 14.7 Å². The summed E-state index contributed by atoms with van der Waals surface area (Å²) in [5.41, 5.74) is 1.23. The SMILES string of the molecule is CO[n+]1cc(C)c([NH+]=O)cc1Cl. The molecule has 0 saturated heterocycles. The first-order valence-corrected chi connectivity index (χ1v) is 3.71. The Balaban J connectivity index is 3.25. The summed E-state index contributed by atoms with van der Waals surface area (Å²) in [6.07, 6.45) is 1.63. The third-order valence-corrected chi connectivity index (χ3v) is 1.79. The molecule has 0 atom stereocenters. The Labute approximate surface area is 74.7 Å². The van der Waals surface area contributed by atoms with E-state index in [1.165, 1.54) is 17.9 Å². The third kappa shape index (κ3) is 1.53. The summed E-state index contributed by atoms with van der Waals surface area (Å²) >= 11 is 5.74. The van der Waals surface area contributed by atoms with Crippen LogP contribution in [0.3, 0.4) is 0 Å². The molecule has 0 saturated carbocycles. The van der Waals surface area contributed by atoms with Gasteiger partial charge in [0.05, 0.1) is 5.56 Å². The smallest absolute Gasteiger partial charge is 0.273 e. The lowest BCUT2D eigenvalue weighted by Gasteiger charge is -1.93. The standard InChI is InChI=1S/C7H8ClN2O2/c1-5-4-10(12-2)7(8)3-6(5)9-11/h3-4H,1-2H3/q+1/p+1. The van der Waals surface area contributed by atoms with Crippen molar-refractivity contribution in [2.45, 2.75) is 6.92 Å². The van der Waals surface area contributed by atoms with Crippen LogP contribution in [0.2, 0.25) is 5.15 Å². The molecule has 0 spiro atoms. The molecule has 1 N–H and O–H groups in total. The zero-order valence-corrected chi connectivity index (χ0v) is 7.55. The highest BCUT2D eigenvalue weighted by Crippen LogP contribution is 2.09. The van der Waals surface area contributed by atoms with Crippen LogP contribution in [-0.2, 0) is 0 Å². The maximum atomic E-state index is 10.3. The first kappa shape index (κ1) is 8.93. The van der Waals surface area contributed by atoms with Gasteiger partial charge in [-0.15, -0.1) is 0 Å². The molecular weight excluding hydrogens is 180 g/mol. The van der Waals surface area contributed by atoms with E-state index in [2.05, 4.69) is 0 Å². The molecule has 0 aromatic carbocycles. The molecule has 0 aliphatic carbocycles. The van der Waals surface area contributed by atoms with E-state index < -0.39 is 0 Å². The van der Waals surface area contributed by atoms with Crippen molar-refractivity contribution in [2.24, 2.45) is 0 Å². The number of aromatic nitrogens is 1. The lowest BCUT2D eigenvalue weighted by atomic mass is 10.3. The molecule has 5 heteroatoms. The maximum Gasteiger partial charge on any atom is 0.332 e. The lowest BCUT2D eigenvalue weighted by molar-refractivity contribution is -0.884. The summed E-state index contributed by atoms with van der Waals surface area (Å²) < 4.78 is 1.37. The molecule has 0 fully saturated rings. The van der Waals surface area contributed by atoms with Crippen molar-refractivity contribution in [3.63, 3.8) is 0 Å². The number of aryl methyl sites for hydroxylation is 1. The number of nitrogens with zero attached hydrogens (tertiary/aromatic N) is 1. The minimum absolute atomic E-state index is 0.349. The summed E-state index contributed by atoms with van der Waals surface area (Å²) in [5.74, 6) is 0. The van der Waals surface area contributed by atoms with Crippen molar-refractivity contribution in [1.82, 2.24) is 0 Å². The fraction of sp³-hybridized carbons (Fsp3) is 0.286. The molecule has 4 nitrogen and oxygen atoms in total. The van der Waals surface area contributed by atoms with Crippen LogP contribution in [-0.4, -0.2) is 7.11 Å². The summed E-state index contributed by atoms with van der Waals surface area (Å²) in [7, 11) is 1.50. The Morgan fingerprint density at radius 1 is 1.67 bits per heavy atom. The van der Waals surface area contributed by atoms with Crippen LogP contribution in [0, 0.1) is 11.8 Å². The van der Waals surface area contributed by atoms with Crippen LogP contribution in [0.4, 0.5) is 5.69 Å². The van der Waals surface area contributed by atoms with Gasteiger partial charge in [-0.2, -0.15) is 0 Å². The average Bonchev–Trinajstić information content (AvgIpc) is 2.08. The Morgan fingerprint density at radius 3 is 2.83 bits per heavy atom. The molecule has 0 bridgehead atoms. The summed E-state index contributed by atoms with van der Waals surface area (Å²) in [4.78, 5) is 15.2. The van der Waals surface area contributed by atoms with Gasteiger partial charge in [0.15, 0.2) is 0 Å². The Morgan fingerprint density at radius 2 is 2.33 bits per heavy atom. The second kappa shape index (κ2) is 3.49. The third-order valence-electron chi connectivity index (χ3n) is 1.52. The molecule has 0 radical (unpaired) electrons. The summed E-state index contributed by atoms with van der Waals surface area (Å²) in [6, 6.07) is 1.51. The fourth-order valence-corrected chi connectivity index (χ4v) is 1.08. The van der Waals surface area contributed by atoms with E-state index >= 15 is 0 Å². The summed E-state index contributed by atoms with van der Waals surface area (Å²) in [5, 5.41) is 2.13. The molecule has 0 amide bonds. The number of rotatable bonds is 2.